The summed E-state index contributed by atoms with van der Waals surface area (Å²) in [7, 11) is 0. The van der Waals surface area contributed by atoms with Gasteiger partial charge in [0.2, 0.25) is 0 Å². The lowest BCUT2D eigenvalue weighted by Gasteiger charge is -2.08. The standard InChI is InChI=1S/C16H16S2/c1-12-5-4-7-14(9-12)17-11-15-10-13-6-2-3-8-16(13)18-15/h2-9,15H,10-11H2,1H3. The Hall–Kier alpha value is -0.860. The zero-order valence-corrected chi connectivity index (χ0v) is 12.1. The first kappa shape index (κ1) is 12.2. The van der Waals surface area contributed by atoms with E-state index in [1.165, 1.54) is 33.1 Å². The summed E-state index contributed by atoms with van der Waals surface area (Å²) in [4.78, 5) is 2.87. The van der Waals surface area contributed by atoms with Crippen LogP contribution in [-0.2, 0) is 6.42 Å². The van der Waals surface area contributed by atoms with Gasteiger partial charge in [0, 0.05) is 20.8 Å². The molecule has 18 heavy (non-hydrogen) atoms. The van der Waals surface area contributed by atoms with Crippen LogP contribution >= 0.6 is 23.5 Å². The normalized spacial score (nSPS) is 17.7. The SMILES string of the molecule is Cc1cccc(SCC2Cc3ccccc3S2)c1. The van der Waals surface area contributed by atoms with Gasteiger partial charge < -0.3 is 0 Å². The van der Waals surface area contributed by atoms with Gasteiger partial charge in [-0.05, 0) is 37.1 Å². The van der Waals surface area contributed by atoms with Crippen LogP contribution in [0, 0.1) is 6.92 Å². The molecule has 0 saturated carbocycles. The maximum atomic E-state index is 2.28. The van der Waals surface area contributed by atoms with Crippen LogP contribution in [0.25, 0.3) is 0 Å². The van der Waals surface area contributed by atoms with Crippen molar-refractivity contribution in [3.8, 4) is 0 Å². The molecule has 0 aromatic heterocycles. The van der Waals surface area contributed by atoms with Crippen LogP contribution in [0.5, 0.6) is 0 Å². The molecule has 0 saturated heterocycles. The van der Waals surface area contributed by atoms with E-state index < -0.39 is 0 Å². The third-order valence-corrected chi connectivity index (χ3v) is 5.83. The maximum absolute atomic E-state index is 2.28. The Labute approximate surface area is 117 Å². The van der Waals surface area contributed by atoms with Gasteiger partial charge in [-0.25, -0.2) is 0 Å². The fraction of sp³-hybridized carbons (Fsp3) is 0.250. The zero-order chi connectivity index (χ0) is 12.4. The van der Waals surface area contributed by atoms with E-state index in [1.54, 1.807) is 0 Å². The minimum Gasteiger partial charge on any atom is -0.125 e. The lowest BCUT2D eigenvalue weighted by molar-refractivity contribution is 0.970. The van der Waals surface area contributed by atoms with E-state index in [0.29, 0.717) is 0 Å². The summed E-state index contributed by atoms with van der Waals surface area (Å²) in [5, 5.41) is 0.730. The number of rotatable bonds is 3. The van der Waals surface area contributed by atoms with Gasteiger partial charge in [-0.2, -0.15) is 0 Å². The van der Waals surface area contributed by atoms with Crippen LogP contribution in [0.1, 0.15) is 11.1 Å². The summed E-state index contributed by atoms with van der Waals surface area (Å²) in [5.74, 6) is 1.20. The van der Waals surface area contributed by atoms with Crippen molar-refractivity contribution in [3.05, 3.63) is 59.7 Å². The molecule has 0 aliphatic carbocycles. The van der Waals surface area contributed by atoms with E-state index in [-0.39, 0.29) is 0 Å². The maximum Gasteiger partial charge on any atom is 0.0229 e. The van der Waals surface area contributed by atoms with Crippen LogP contribution in [-0.4, -0.2) is 11.0 Å². The van der Waals surface area contributed by atoms with Crippen molar-refractivity contribution in [2.24, 2.45) is 0 Å². The molecule has 0 spiro atoms. The van der Waals surface area contributed by atoms with Crippen molar-refractivity contribution < 1.29 is 0 Å². The Morgan fingerprint density at radius 1 is 1.17 bits per heavy atom. The summed E-state index contributed by atoms with van der Waals surface area (Å²) in [5.41, 5.74) is 2.87. The van der Waals surface area contributed by atoms with E-state index in [4.69, 9.17) is 0 Å². The molecule has 1 aliphatic rings. The van der Waals surface area contributed by atoms with Gasteiger partial charge in [0.15, 0.2) is 0 Å². The molecule has 0 radical (unpaired) electrons. The fourth-order valence-electron chi connectivity index (χ4n) is 2.24. The summed E-state index contributed by atoms with van der Waals surface area (Å²) in [6.45, 7) is 2.16. The lowest BCUT2D eigenvalue weighted by Crippen LogP contribution is -2.03. The van der Waals surface area contributed by atoms with Crippen LogP contribution in [0.3, 0.4) is 0 Å². The Morgan fingerprint density at radius 3 is 2.89 bits per heavy atom. The van der Waals surface area contributed by atoms with Crippen LogP contribution in [0.2, 0.25) is 0 Å². The van der Waals surface area contributed by atoms with Gasteiger partial charge in [-0.15, -0.1) is 23.5 Å². The molecule has 1 heterocycles. The topological polar surface area (TPSA) is 0 Å². The second kappa shape index (κ2) is 5.41. The van der Waals surface area contributed by atoms with Crippen molar-refractivity contribution >= 4 is 23.5 Å². The molecule has 0 nitrogen and oxygen atoms in total. The molecule has 1 unspecified atom stereocenters. The second-order valence-electron chi connectivity index (χ2n) is 4.68. The second-order valence-corrected chi connectivity index (χ2v) is 7.11. The Balaban J connectivity index is 1.60. The molecule has 0 N–H and O–H groups in total. The predicted molar refractivity (Wildman–Crippen MR) is 81.7 cm³/mol. The van der Waals surface area contributed by atoms with Gasteiger partial charge in [-0.3, -0.25) is 0 Å². The molecule has 2 heteroatoms. The predicted octanol–water partition coefficient (Wildman–Crippen LogP) is 4.80. The smallest absolute Gasteiger partial charge is 0.0229 e. The number of thioether (sulfide) groups is 2. The fourth-order valence-corrected chi connectivity index (χ4v) is 4.74. The van der Waals surface area contributed by atoms with Crippen molar-refractivity contribution in [1.29, 1.82) is 0 Å². The molecule has 1 aliphatic heterocycles. The molecular formula is C16H16S2. The third-order valence-electron chi connectivity index (χ3n) is 3.14. The number of fused-ring (bicyclic) bond motifs is 1. The van der Waals surface area contributed by atoms with Crippen molar-refractivity contribution in [1.82, 2.24) is 0 Å². The number of benzene rings is 2. The molecule has 3 rings (SSSR count). The minimum absolute atomic E-state index is 0.730. The average molecular weight is 272 g/mol. The van der Waals surface area contributed by atoms with Crippen molar-refractivity contribution in [2.75, 3.05) is 5.75 Å². The van der Waals surface area contributed by atoms with Gasteiger partial charge in [-0.1, -0.05) is 35.9 Å². The highest BCUT2D eigenvalue weighted by Gasteiger charge is 2.21. The molecule has 2 aromatic carbocycles. The largest absolute Gasteiger partial charge is 0.125 e. The van der Waals surface area contributed by atoms with Crippen LogP contribution in [0.4, 0.5) is 0 Å². The van der Waals surface area contributed by atoms with Crippen molar-refractivity contribution in [2.45, 2.75) is 28.4 Å². The summed E-state index contributed by atoms with van der Waals surface area (Å²) >= 11 is 4.02. The van der Waals surface area contributed by atoms with Crippen molar-refractivity contribution in [3.63, 3.8) is 0 Å². The molecule has 2 aromatic rings. The molecule has 1 atom stereocenters. The monoisotopic (exact) mass is 272 g/mol. The highest BCUT2D eigenvalue weighted by atomic mass is 32.2. The zero-order valence-electron chi connectivity index (χ0n) is 10.4. The molecule has 0 fully saturated rings. The Morgan fingerprint density at radius 2 is 2.06 bits per heavy atom. The van der Waals surface area contributed by atoms with Gasteiger partial charge in [0.1, 0.15) is 0 Å². The van der Waals surface area contributed by atoms with E-state index in [9.17, 15) is 0 Å². The Bertz CT molecular complexity index is 523. The first-order valence-corrected chi connectivity index (χ1v) is 8.12. The average Bonchev–Trinajstić information content (AvgIpc) is 2.79. The highest BCUT2D eigenvalue weighted by Crippen LogP contribution is 2.39. The molecule has 92 valence electrons. The first-order valence-electron chi connectivity index (χ1n) is 6.25. The first-order chi connectivity index (χ1) is 8.81. The summed E-state index contributed by atoms with van der Waals surface area (Å²) < 4.78 is 0. The van der Waals surface area contributed by atoms with Gasteiger partial charge in [0.25, 0.3) is 0 Å². The molecule has 0 bridgehead atoms. The minimum atomic E-state index is 0.730. The van der Waals surface area contributed by atoms with Gasteiger partial charge in [0.05, 0.1) is 0 Å². The molecular weight excluding hydrogens is 256 g/mol. The number of aryl methyl sites for hydroxylation is 1. The van der Waals surface area contributed by atoms with Crippen LogP contribution < -0.4 is 0 Å². The number of hydrogen-bond donors (Lipinski definition) is 0. The third kappa shape index (κ3) is 2.76. The van der Waals surface area contributed by atoms with E-state index in [0.717, 1.165) is 5.25 Å². The molecule has 0 amide bonds. The van der Waals surface area contributed by atoms with Gasteiger partial charge >= 0.3 is 0 Å². The quantitative estimate of drug-likeness (QED) is 0.736. The lowest BCUT2D eigenvalue weighted by atomic mass is 10.1. The summed E-state index contributed by atoms with van der Waals surface area (Å²) in [6.07, 6.45) is 1.22. The van der Waals surface area contributed by atoms with Crippen LogP contribution in [0.15, 0.2) is 58.3 Å². The van der Waals surface area contributed by atoms with E-state index in [2.05, 4.69) is 55.5 Å². The number of hydrogen-bond acceptors (Lipinski definition) is 2. The Kier molecular flexibility index (Phi) is 3.67. The highest BCUT2D eigenvalue weighted by molar-refractivity contribution is 8.03. The van der Waals surface area contributed by atoms with E-state index >= 15 is 0 Å². The summed E-state index contributed by atoms with van der Waals surface area (Å²) in [6, 6.07) is 17.6. The van der Waals surface area contributed by atoms with E-state index in [1.807, 2.05) is 23.5 Å².